The van der Waals surface area contributed by atoms with Crippen molar-refractivity contribution in [3.05, 3.63) is 76.9 Å². The minimum atomic E-state index is -4.30. The Bertz CT molecular complexity index is 1310. The summed E-state index contributed by atoms with van der Waals surface area (Å²) < 4.78 is 41.1. The molecule has 10 nitrogen and oxygen atoms in total. The van der Waals surface area contributed by atoms with Gasteiger partial charge in [-0.1, -0.05) is 31.2 Å². The van der Waals surface area contributed by atoms with E-state index in [1.165, 1.54) is 19.8 Å². The highest BCUT2D eigenvalue weighted by Gasteiger charge is 2.30. The second-order valence-corrected chi connectivity index (χ2v) is 9.40. The number of anilines is 2. The normalized spacial score (nSPS) is 14.4. The van der Waals surface area contributed by atoms with Crippen LogP contribution in [0.3, 0.4) is 0 Å². The topological polar surface area (TPSA) is 147 Å². The molecular weight excluding hydrogens is 551 g/mol. The van der Waals surface area contributed by atoms with Crippen LogP contribution in [-0.4, -0.2) is 64.7 Å². The third kappa shape index (κ3) is 10.1. The molecule has 1 aliphatic heterocycles. The quantitative estimate of drug-likeness (QED) is 0.258. The Morgan fingerprint density at radius 1 is 1.21 bits per heavy atom. The molecule has 1 fully saturated rings. The second kappa shape index (κ2) is 16.0. The maximum Gasteiger partial charge on any atom is 0.416 e. The third-order valence-electron chi connectivity index (χ3n) is 6.18. The lowest BCUT2D eigenvalue weighted by Crippen LogP contribution is -2.39. The largest absolute Gasteiger partial charge is 0.450 e. The maximum absolute atomic E-state index is 12.0. The predicted molar refractivity (Wildman–Crippen MR) is 155 cm³/mol. The van der Waals surface area contributed by atoms with Crippen molar-refractivity contribution >= 4 is 29.7 Å². The van der Waals surface area contributed by atoms with Gasteiger partial charge < -0.3 is 20.7 Å². The van der Waals surface area contributed by atoms with E-state index >= 15 is 0 Å². The van der Waals surface area contributed by atoms with Crippen molar-refractivity contribution in [2.45, 2.75) is 39.8 Å². The number of carbonyl (C=O) groups is 2. The molecule has 1 amide bonds. The number of halogens is 3. The van der Waals surface area contributed by atoms with Crippen molar-refractivity contribution in [2.75, 3.05) is 37.8 Å². The van der Waals surface area contributed by atoms with Crippen molar-refractivity contribution in [3.8, 4) is 0 Å². The molecule has 0 bridgehead atoms. The average Bonchev–Trinajstić information content (AvgIpc) is 2.97. The highest BCUT2D eigenvalue weighted by molar-refractivity contribution is 6.14. The van der Waals surface area contributed by atoms with Gasteiger partial charge in [0.15, 0.2) is 0 Å². The van der Waals surface area contributed by atoms with Crippen molar-refractivity contribution in [2.24, 2.45) is 5.92 Å². The molecule has 226 valence electrons. The van der Waals surface area contributed by atoms with E-state index in [-0.39, 0.29) is 23.4 Å². The van der Waals surface area contributed by atoms with Crippen molar-refractivity contribution in [1.29, 1.82) is 5.41 Å². The fourth-order valence-electron chi connectivity index (χ4n) is 3.99. The summed E-state index contributed by atoms with van der Waals surface area (Å²) in [7, 11) is 1.52. The van der Waals surface area contributed by atoms with Crippen LogP contribution in [0.1, 0.15) is 59.4 Å². The number of alkyl halides is 3. The fraction of sp³-hybridized carbons (Fsp3) is 0.379. The van der Waals surface area contributed by atoms with Crippen molar-refractivity contribution in [1.82, 2.24) is 19.9 Å². The van der Waals surface area contributed by atoms with Gasteiger partial charge in [-0.15, -0.1) is 0 Å². The summed E-state index contributed by atoms with van der Waals surface area (Å²) in [6.45, 7) is 7.99. The first-order chi connectivity index (χ1) is 19.9. The molecule has 1 atom stereocenters. The van der Waals surface area contributed by atoms with Gasteiger partial charge in [0.2, 0.25) is 0 Å². The number of aromatic nitrogens is 3. The van der Waals surface area contributed by atoms with Gasteiger partial charge >= 0.3 is 12.3 Å². The van der Waals surface area contributed by atoms with E-state index in [2.05, 4.69) is 27.2 Å². The number of hydrogen-bond acceptors (Lipinski definition) is 9. The van der Waals surface area contributed by atoms with Gasteiger partial charge in [-0.05, 0) is 44.7 Å². The number of nitrogens with zero attached hydrogens (tertiary/aromatic N) is 4. The number of aldehydes is 1. The Balaban J connectivity index is 0.000000228. The molecule has 1 aromatic carbocycles. The lowest BCUT2D eigenvalue weighted by Gasteiger charge is -2.29. The molecule has 4 N–H and O–H groups in total. The van der Waals surface area contributed by atoms with E-state index in [0.29, 0.717) is 34.9 Å². The maximum atomic E-state index is 12.0. The number of nitrogen functional groups attached to an aromatic ring is 1. The molecule has 4 rings (SSSR count). The summed E-state index contributed by atoms with van der Waals surface area (Å²) in [5.74, 6) is 1.12. The number of carbonyl (C=O) groups excluding carboxylic acids is 2. The molecule has 3 aromatic rings. The van der Waals surface area contributed by atoms with Gasteiger partial charge in [-0.25, -0.2) is 19.7 Å². The van der Waals surface area contributed by atoms with Crippen LogP contribution in [0, 0.1) is 18.3 Å². The SMILES string of the molecule is CCOC(=O)N1CCCC(C)C1.CNc1cc(C(F)(F)F)ccn1.Cc1ncnc(N)c1C(=N)c1ccc(C=O)cc1. The van der Waals surface area contributed by atoms with Gasteiger partial charge in [0, 0.05) is 37.5 Å². The molecule has 1 aliphatic rings. The Morgan fingerprint density at radius 3 is 2.45 bits per heavy atom. The van der Waals surface area contributed by atoms with Gasteiger partial charge in [0.1, 0.15) is 24.2 Å². The molecule has 42 heavy (non-hydrogen) atoms. The Labute approximate surface area is 243 Å². The number of piperidine rings is 1. The summed E-state index contributed by atoms with van der Waals surface area (Å²) in [4.78, 5) is 35.2. The number of hydrogen-bond donors (Lipinski definition) is 3. The highest BCUT2D eigenvalue weighted by atomic mass is 19.4. The summed E-state index contributed by atoms with van der Waals surface area (Å²) >= 11 is 0. The van der Waals surface area contributed by atoms with Crippen LogP contribution in [0.4, 0.5) is 29.6 Å². The van der Waals surface area contributed by atoms with Crippen LogP contribution in [0.15, 0.2) is 48.9 Å². The standard InChI is InChI=1S/C13H12N4O.C9H17NO2.C7H7F3N2/c1-8-11(13(15)17-7-16-8)12(14)10-4-2-9(6-18)3-5-10;1-3-12-9(11)10-6-4-5-8(2)7-10;1-11-6-4-5(2-3-12-6)7(8,9)10/h2-7,14H,1H3,(H2,15,16,17);8H,3-7H2,1-2H3;2-4H,1H3,(H,11,12). The smallest absolute Gasteiger partial charge is 0.416 e. The van der Waals surface area contributed by atoms with E-state index in [0.717, 1.165) is 44.1 Å². The first-order valence-electron chi connectivity index (χ1n) is 13.3. The number of benzene rings is 1. The number of nitrogens with one attached hydrogen (secondary N) is 2. The van der Waals surface area contributed by atoms with Crippen molar-refractivity contribution in [3.63, 3.8) is 0 Å². The first-order valence-corrected chi connectivity index (χ1v) is 13.3. The van der Waals surface area contributed by atoms with Crippen LogP contribution < -0.4 is 11.1 Å². The third-order valence-corrected chi connectivity index (χ3v) is 6.18. The minimum Gasteiger partial charge on any atom is -0.450 e. The van der Waals surface area contributed by atoms with Gasteiger partial charge in [-0.3, -0.25) is 10.2 Å². The molecule has 0 aliphatic carbocycles. The number of rotatable bonds is 5. The van der Waals surface area contributed by atoms with E-state index < -0.39 is 11.7 Å². The van der Waals surface area contributed by atoms with E-state index in [1.54, 1.807) is 36.1 Å². The Kier molecular flexibility index (Phi) is 12.8. The predicted octanol–water partition coefficient (Wildman–Crippen LogP) is 5.61. The van der Waals surface area contributed by atoms with Crippen LogP contribution in [-0.2, 0) is 10.9 Å². The lowest BCUT2D eigenvalue weighted by atomic mass is 10.0. The molecule has 2 aromatic heterocycles. The monoisotopic (exact) mass is 587 g/mol. The summed E-state index contributed by atoms with van der Waals surface area (Å²) in [6, 6.07) is 8.62. The molecular formula is C29H36F3N7O3. The summed E-state index contributed by atoms with van der Waals surface area (Å²) in [5.41, 5.74) is 7.75. The van der Waals surface area contributed by atoms with Crippen molar-refractivity contribution < 1.29 is 27.5 Å². The van der Waals surface area contributed by atoms with Gasteiger partial charge in [0.25, 0.3) is 0 Å². The summed E-state index contributed by atoms with van der Waals surface area (Å²) in [6.07, 6.45) is 1.15. The number of nitrogens with two attached hydrogens (primary N) is 1. The van der Waals surface area contributed by atoms with E-state index in [4.69, 9.17) is 15.9 Å². The van der Waals surface area contributed by atoms with Gasteiger partial charge in [-0.2, -0.15) is 13.2 Å². The molecule has 0 spiro atoms. The first kappa shape index (κ1) is 33.7. The van der Waals surface area contributed by atoms with E-state index in [1.807, 2.05) is 6.92 Å². The van der Waals surface area contributed by atoms with Crippen LogP contribution in [0.2, 0.25) is 0 Å². The molecule has 13 heteroatoms. The second-order valence-electron chi connectivity index (χ2n) is 9.40. The number of aryl methyl sites for hydroxylation is 1. The van der Waals surface area contributed by atoms with E-state index in [9.17, 15) is 22.8 Å². The van der Waals surface area contributed by atoms with Gasteiger partial charge in [0.05, 0.1) is 29.1 Å². The zero-order chi connectivity index (χ0) is 31.3. The average molecular weight is 588 g/mol. The minimum absolute atomic E-state index is 0.149. The Morgan fingerprint density at radius 2 is 1.90 bits per heavy atom. The fourth-order valence-corrected chi connectivity index (χ4v) is 3.99. The molecule has 0 saturated carbocycles. The molecule has 1 unspecified atom stereocenters. The van der Waals surface area contributed by atoms with Crippen LogP contribution >= 0.6 is 0 Å². The number of likely N-dealkylation sites (tertiary alicyclic amines) is 1. The van der Waals surface area contributed by atoms with Crippen LogP contribution in [0.25, 0.3) is 0 Å². The Hall–Kier alpha value is -4.55. The zero-order valence-corrected chi connectivity index (χ0v) is 24.0. The highest BCUT2D eigenvalue weighted by Crippen LogP contribution is 2.29. The van der Waals surface area contributed by atoms with Crippen LogP contribution in [0.5, 0.6) is 0 Å². The number of amides is 1. The lowest BCUT2D eigenvalue weighted by molar-refractivity contribution is -0.137. The molecule has 0 radical (unpaired) electrons. The molecule has 1 saturated heterocycles. The summed E-state index contributed by atoms with van der Waals surface area (Å²) in [5, 5.41) is 10.7. The number of ether oxygens (including phenoxy) is 1. The molecule has 3 heterocycles. The number of pyridine rings is 1. The zero-order valence-electron chi connectivity index (χ0n) is 24.0.